The number of aliphatic hydroxyl groups excluding tert-OH is 7. The van der Waals surface area contributed by atoms with Gasteiger partial charge in [-0.25, -0.2) is 0 Å². The van der Waals surface area contributed by atoms with Gasteiger partial charge in [-0.15, -0.1) is 0 Å². The van der Waals surface area contributed by atoms with E-state index < -0.39 is 96.5 Å². The Morgan fingerprint density at radius 3 is 2.09 bits per heavy atom. The molecule has 5 fully saturated rings. The molecule has 6 aliphatic rings. The monoisotopic (exact) mass is 796 g/mol. The van der Waals surface area contributed by atoms with Crippen molar-refractivity contribution in [1.29, 1.82) is 0 Å². The molecule has 8 N–H and O–H groups in total. The van der Waals surface area contributed by atoms with Gasteiger partial charge in [0.2, 0.25) is 0 Å². The van der Waals surface area contributed by atoms with Crippen LogP contribution in [0.3, 0.4) is 0 Å². The number of aliphatic hydroxyl groups is 8. The maximum absolute atomic E-state index is 14.9. The highest BCUT2D eigenvalue weighted by Gasteiger charge is 2.70. The number of ether oxygens (including phenoxy) is 4. The minimum absolute atomic E-state index is 0.0187. The first kappa shape index (κ1) is 44.5. The summed E-state index contributed by atoms with van der Waals surface area (Å²) in [5.41, 5.74) is -1.55. The highest BCUT2D eigenvalue weighted by atomic mass is 16.7. The Kier molecular flexibility index (Phi) is 12.5. The number of fused-ring (bicyclic) bond motifs is 5. The van der Waals surface area contributed by atoms with Crippen molar-refractivity contribution in [3.63, 3.8) is 0 Å². The zero-order chi connectivity index (χ0) is 41.5. The molecule has 13 heteroatoms. The van der Waals surface area contributed by atoms with Crippen molar-refractivity contribution in [3.05, 3.63) is 11.6 Å². The summed E-state index contributed by atoms with van der Waals surface area (Å²) in [6.45, 7) is 17.5. The van der Waals surface area contributed by atoms with Crippen LogP contribution in [0.5, 0.6) is 0 Å². The second kappa shape index (κ2) is 15.8. The van der Waals surface area contributed by atoms with Crippen LogP contribution >= 0.6 is 0 Å². The highest BCUT2D eigenvalue weighted by Crippen LogP contribution is 2.74. The van der Waals surface area contributed by atoms with Crippen molar-refractivity contribution < 1.29 is 64.6 Å². The maximum Gasteiger partial charge on any atom is 0.187 e. The summed E-state index contributed by atoms with van der Waals surface area (Å²) in [6, 6.07) is 0. The normalized spacial score (nSPS) is 49.0. The van der Waals surface area contributed by atoms with Crippen LogP contribution in [0.1, 0.15) is 114 Å². The van der Waals surface area contributed by atoms with Gasteiger partial charge in [0.05, 0.1) is 43.2 Å². The lowest BCUT2D eigenvalue weighted by molar-refractivity contribution is -0.319. The van der Waals surface area contributed by atoms with Gasteiger partial charge in [-0.05, 0) is 93.3 Å². The standard InChI is InChI=1S/C43H72O13/c1-21(10-14-31(40(5,6)52)56-37-35(50)32(47)22(2)26(19-44)53-37)23-16-17-41(7)28-13-11-24-25(43(28,9)29(46)18-42(23,41)8)12-15-30(39(24,3)4)55-38-36(51)34(49)33(48)27(20-45)54-38/h11,21-23,25-28,30-38,44-45,47-52H,10,12-20H2,1-9H3/t21-,22-,23?,25?,26-,27-,28?,30+,31-,32+,33-,34+,35-,36-,37+,38+,41+,42-,43+/m1/s1. The Morgan fingerprint density at radius 1 is 0.839 bits per heavy atom. The van der Waals surface area contributed by atoms with E-state index in [2.05, 4.69) is 47.6 Å². The fourth-order valence-corrected chi connectivity index (χ4v) is 12.7. The number of hydrogen-bond acceptors (Lipinski definition) is 13. The largest absolute Gasteiger partial charge is 0.394 e. The molecule has 0 spiro atoms. The molecule has 0 aromatic heterocycles. The van der Waals surface area contributed by atoms with Crippen LogP contribution in [0, 0.1) is 51.2 Å². The first-order valence-electron chi connectivity index (χ1n) is 21.2. The minimum atomic E-state index is -1.52. The van der Waals surface area contributed by atoms with Crippen molar-refractivity contribution in [3.8, 4) is 0 Å². The molecule has 0 aromatic rings. The minimum Gasteiger partial charge on any atom is -0.394 e. The van der Waals surface area contributed by atoms with Crippen LogP contribution < -0.4 is 0 Å². The Bertz CT molecular complexity index is 1440. The lowest BCUT2D eigenvalue weighted by Gasteiger charge is -2.65. The van der Waals surface area contributed by atoms with Gasteiger partial charge < -0.3 is 59.8 Å². The first-order chi connectivity index (χ1) is 26.0. The number of hydrogen-bond donors (Lipinski definition) is 8. The topological polar surface area (TPSA) is 216 Å². The van der Waals surface area contributed by atoms with Gasteiger partial charge in [-0.1, -0.05) is 60.1 Å². The summed E-state index contributed by atoms with van der Waals surface area (Å²) in [6.07, 6.45) is -4.15. The quantitative estimate of drug-likeness (QED) is 0.141. The van der Waals surface area contributed by atoms with Crippen LogP contribution in [0.4, 0.5) is 0 Å². The Hall–Kier alpha value is -1.07. The Labute approximate surface area is 332 Å². The SMILES string of the molecule is C[C@H]1[C@H](O)[C@@H](O)[C@H](O[C@H](CC[C@@H](C)C2CC[C@@]3(C)C4CC=C5C(CC[C@H](O[C@@H]6O[C@H](CO)[C@@H](O)[C@H](O)[C@H]6O)C5(C)C)[C@]4(C)C(=O)C[C@]23C)C(C)(C)O)O[C@@H]1CO. The van der Waals surface area contributed by atoms with Gasteiger partial charge in [-0.3, -0.25) is 4.79 Å². The third-order valence-electron chi connectivity index (χ3n) is 16.7. The Morgan fingerprint density at radius 2 is 1.46 bits per heavy atom. The molecule has 3 unspecified atom stereocenters. The number of carbonyl (C=O) groups excluding carboxylic acids is 1. The number of ketones is 1. The predicted octanol–water partition coefficient (Wildman–Crippen LogP) is 2.60. The molecule has 2 heterocycles. The number of Topliss-reactive ketones (excluding diaryl/α,β-unsaturated/α-hetero) is 1. The van der Waals surface area contributed by atoms with Gasteiger partial charge in [0, 0.05) is 23.2 Å². The summed E-state index contributed by atoms with van der Waals surface area (Å²) < 4.78 is 24.2. The zero-order valence-electron chi connectivity index (χ0n) is 35.0. The molecule has 13 nitrogen and oxygen atoms in total. The van der Waals surface area contributed by atoms with E-state index in [1.807, 2.05) is 0 Å². The number of rotatable bonds is 11. The van der Waals surface area contributed by atoms with Gasteiger partial charge in [0.15, 0.2) is 12.6 Å². The molecule has 0 aromatic carbocycles. The van der Waals surface area contributed by atoms with E-state index in [0.717, 1.165) is 25.7 Å². The molecule has 4 aliphatic carbocycles. The Balaban J connectivity index is 1.17. The molecule has 0 radical (unpaired) electrons. The van der Waals surface area contributed by atoms with E-state index >= 15 is 0 Å². The predicted molar refractivity (Wildman–Crippen MR) is 204 cm³/mol. The van der Waals surface area contributed by atoms with Crippen LogP contribution in [0.25, 0.3) is 0 Å². The zero-order valence-corrected chi connectivity index (χ0v) is 35.0. The van der Waals surface area contributed by atoms with E-state index in [4.69, 9.17) is 18.9 Å². The molecule has 6 rings (SSSR count). The van der Waals surface area contributed by atoms with E-state index in [1.54, 1.807) is 20.8 Å². The summed E-state index contributed by atoms with van der Waals surface area (Å²) in [7, 11) is 0. The van der Waals surface area contributed by atoms with Crippen LogP contribution in [-0.2, 0) is 23.7 Å². The van der Waals surface area contributed by atoms with E-state index in [0.29, 0.717) is 31.5 Å². The van der Waals surface area contributed by atoms with Gasteiger partial charge in [-0.2, -0.15) is 0 Å². The molecule has 0 bridgehead atoms. The molecule has 2 aliphatic heterocycles. The maximum atomic E-state index is 14.9. The second-order valence-electron chi connectivity index (χ2n) is 20.4. The second-order valence-corrected chi connectivity index (χ2v) is 20.4. The van der Waals surface area contributed by atoms with Crippen molar-refractivity contribution in [1.82, 2.24) is 0 Å². The van der Waals surface area contributed by atoms with E-state index in [1.165, 1.54) is 5.57 Å². The molecule has 2 saturated heterocycles. The first-order valence-corrected chi connectivity index (χ1v) is 21.2. The molecule has 56 heavy (non-hydrogen) atoms. The third kappa shape index (κ3) is 7.09. The van der Waals surface area contributed by atoms with Crippen LogP contribution in [0.15, 0.2) is 11.6 Å². The smallest absolute Gasteiger partial charge is 0.187 e. The average Bonchev–Trinajstić information content (AvgIpc) is 3.40. The molecular weight excluding hydrogens is 724 g/mol. The fraction of sp³-hybridized carbons (Fsp3) is 0.930. The van der Waals surface area contributed by atoms with Crippen LogP contribution in [0.2, 0.25) is 0 Å². The lowest BCUT2D eigenvalue weighted by atomic mass is 9.38. The van der Waals surface area contributed by atoms with Gasteiger partial charge >= 0.3 is 0 Å². The van der Waals surface area contributed by atoms with Crippen molar-refractivity contribution in [2.45, 2.75) is 187 Å². The van der Waals surface area contributed by atoms with Crippen molar-refractivity contribution >= 4 is 5.78 Å². The third-order valence-corrected chi connectivity index (χ3v) is 16.7. The lowest BCUT2D eigenvalue weighted by Crippen LogP contribution is -2.64. The molecule has 0 amide bonds. The number of carbonyl (C=O) groups is 1. The van der Waals surface area contributed by atoms with Crippen molar-refractivity contribution in [2.24, 2.45) is 51.2 Å². The summed E-state index contributed by atoms with van der Waals surface area (Å²) >= 11 is 0. The van der Waals surface area contributed by atoms with Gasteiger partial charge in [0.1, 0.15) is 36.3 Å². The summed E-state index contributed by atoms with van der Waals surface area (Å²) in [4.78, 5) is 14.9. The highest BCUT2D eigenvalue weighted by molar-refractivity contribution is 5.88. The summed E-state index contributed by atoms with van der Waals surface area (Å²) in [5.74, 6) is 0.421. The van der Waals surface area contributed by atoms with E-state index in [9.17, 15) is 45.6 Å². The average molecular weight is 797 g/mol. The fourth-order valence-electron chi connectivity index (χ4n) is 12.7. The van der Waals surface area contributed by atoms with Crippen molar-refractivity contribution in [2.75, 3.05) is 13.2 Å². The number of allylic oxidation sites excluding steroid dienone is 1. The van der Waals surface area contributed by atoms with Gasteiger partial charge in [0.25, 0.3) is 0 Å². The molecule has 19 atom stereocenters. The molecule has 322 valence electrons. The molecule has 3 saturated carbocycles. The van der Waals surface area contributed by atoms with Crippen LogP contribution in [-0.4, -0.2) is 133 Å². The molecular formula is C43H72O13. The van der Waals surface area contributed by atoms with E-state index in [-0.39, 0.29) is 41.1 Å². The summed E-state index contributed by atoms with van der Waals surface area (Å²) in [5, 5.41) is 83.6.